The average Bonchev–Trinajstić information content (AvgIpc) is 3.15. The summed E-state index contributed by atoms with van der Waals surface area (Å²) in [6.45, 7) is 9.32. The third-order valence-electron chi connectivity index (χ3n) is 4.68. The van der Waals surface area contributed by atoms with Gasteiger partial charge in [-0.1, -0.05) is 38.9 Å². The molecule has 2 aromatic rings. The molecule has 1 atom stereocenters. The first-order valence-electron chi connectivity index (χ1n) is 10.1. The van der Waals surface area contributed by atoms with Crippen LogP contribution in [0.3, 0.4) is 0 Å². The quantitative estimate of drug-likeness (QED) is 0.551. The first-order chi connectivity index (χ1) is 14.6. The Bertz CT molecular complexity index is 1010. The fraction of sp³-hybridized carbons (Fsp3) is 0.476. The molecule has 0 fully saturated rings. The lowest BCUT2D eigenvalue weighted by Gasteiger charge is -2.21. The van der Waals surface area contributed by atoms with E-state index in [4.69, 9.17) is 9.26 Å². The molecule has 0 aliphatic carbocycles. The summed E-state index contributed by atoms with van der Waals surface area (Å²) in [6, 6.07) is 6.48. The van der Waals surface area contributed by atoms with Crippen LogP contribution in [0.25, 0.3) is 0 Å². The van der Waals surface area contributed by atoms with Crippen molar-refractivity contribution >= 4 is 21.9 Å². The predicted molar refractivity (Wildman–Crippen MR) is 114 cm³/mol. The van der Waals surface area contributed by atoms with Gasteiger partial charge in [0.25, 0.3) is 5.91 Å². The number of sulfonamides is 1. The molecule has 0 bridgehead atoms. The Kier molecular flexibility index (Phi) is 8.35. The van der Waals surface area contributed by atoms with Gasteiger partial charge in [-0.05, 0) is 31.0 Å². The van der Waals surface area contributed by atoms with Gasteiger partial charge in [0.1, 0.15) is 6.04 Å². The molecule has 0 unspecified atom stereocenters. The van der Waals surface area contributed by atoms with Crippen molar-refractivity contribution in [2.24, 2.45) is 5.92 Å². The highest BCUT2D eigenvalue weighted by Crippen LogP contribution is 2.17. The van der Waals surface area contributed by atoms with Crippen LogP contribution in [0.15, 0.2) is 39.8 Å². The van der Waals surface area contributed by atoms with E-state index in [1.165, 1.54) is 28.6 Å². The van der Waals surface area contributed by atoms with Crippen LogP contribution in [0.4, 0.5) is 0 Å². The molecular formula is C21H29N3O6S. The zero-order valence-corrected chi connectivity index (χ0v) is 19.2. The predicted octanol–water partition coefficient (Wildman–Crippen LogP) is 2.51. The highest BCUT2D eigenvalue weighted by atomic mass is 32.2. The van der Waals surface area contributed by atoms with E-state index in [0.29, 0.717) is 24.5 Å². The van der Waals surface area contributed by atoms with Crippen molar-refractivity contribution in [2.75, 3.05) is 13.1 Å². The lowest BCUT2D eigenvalue weighted by molar-refractivity contribution is -0.149. The number of aromatic nitrogens is 1. The van der Waals surface area contributed by atoms with E-state index in [0.717, 1.165) is 0 Å². The largest absolute Gasteiger partial charge is 0.456 e. The van der Waals surface area contributed by atoms with E-state index in [1.807, 2.05) is 0 Å². The highest BCUT2D eigenvalue weighted by Gasteiger charge is 2.28. The van der Waals surface area contributed by atoms with Crippen LogP contribution in [0.2, 0.25) is 0 Å². The summed E-state index contributed by atoms with van der Waals surface area (Å²) >= 11 is 0. The van der Waals surface area contributed by atoms with Gasteiger partial charge in [-0.3, -0.25) is 4.79 Å². The minimum atomic E-state index is -3.71. The van der Waals surface area contributed by atoms with Crippen LogP contribution < -0.4 is 5.32 Å². The van der Waals surface area contributed by atoms with E-state index in [9.17, 15) is 18.0 Å². The number of aryl methyl sites for hydroxylation is 1. The Balaban J connectivity index is 2.14. The number of nitrogens with zero attached hydrogens (tertiary/aromatic N) is 2. The summed E-state index contributed by atoms with van der Waals surface area (Å²) in [5.41, 5.74) is 0.803. The van der Waals surface area contributed by atoms with Crippen LogP contribution in [0.1, 0.15) is 49.5 Å². The summed E-state index contributed by atoms with van der Waals surface area (Å²) in [7, 11) is -3.71. The molecule has 0 aliphatic heterocycles. The van der Waals surface area contributed by atoms with Crippen molar-refractivity contribution in [1.29, 1.82) is 0 Å². The number of rotatable bonds is 10. The van der Waals surface area contributed by atoms with E-state index in [-0.39, 0.29) is 23.0 Å². The lowest BCUT2D eigenvalue weighted by Crippen LogP contribution is -2.45. The molecule has 0 saturated carbocycles. The summed E-state index contributed by atoms with van der Waals surface area (Å²) in [5.74, 6) is -1.04. The Morgan fingerprint density at radius 2 is 1.87 bits per heavy atom. The second kappa shape index (κ2) is 10.5. The number of benzene rings is 1. The Morgan fingerprint density at radius 3 is 2.42 bits per heavy atom. The van der Waals surface area contributed by atoms with Gasteiger partial charge < -0.3 is 14.6 Å². The van der Waals surface area contributed by atoms with Crippen molar-refractivity contribution in [1.82, 2.24) is 14.8 Å². The third-order valence-corrected chi connectivity index (χ3v) is 6.73. The highest BCUT2D eigenvalue weighted by molar-refractivity contribution is 7.89. The van der Waals surface area contributed by atoms with Crippen LogP contribution in [-0.2, 0) is 26.2 Å². The van der Waals surface area contributed by atoms with Crippen molar-refractivity contribution in [2.45, 2.75) is 52.2 Å². The smallest absolute Gasteiger partial charge is 0.329 e. The number of esters is 1. The van der Waals surface area contributed by atoms with E-state index < -0.39 is 27.9 Å². The summed E-state index contributed by atoms with van der Waals surface area (Å²) in [4.78, 5) is 25.3. The van der Waals surface area contributed by atoms with Gasteiger partial charge in [0, 0.05) is 24.7 Å². The molecule has 1 aromatic carbocycles. The van der Waals surface area contributed by atoms with Crippen LogP contribution in [-0.4, -0.2) is 48.9 Å². The maximum absolute atomic E-state index is 12.8. The van der Waals surface area contributed by atoms with Gasteiger partial charge in [-0.2, -0.15) is 4.31 Å². The molecule has 10 heteroatoms. The second-order valence-electron chi connectivity index (χ2n) is 7.35. The standard InChI is InChI=1S/C21H29N3O6S/c1-6-24(7-2)31(27,28)18-10-8-9-16(12-18)20(25)22-19(14(3)4)21(26)29-13-17-11-15(5)23-30-17/h8-12,14,19H,6-7,13H2,1-5H3,(H,22,25)/t19-/m0/s1. The monoisotopic (exact) mass is 451 g/mol. The molecule has 0 aliphatic rings. The average molecular weight is 452 g/mol. The lowest BCUT2D eigenvalue weighted by atomic mass is 10.0. The molecule has 0 radical (unpaired) electrons. The van der Waals surface area contributed by atoms with E-state index >= 15 is 0 Å². The van der Waals surface area contributed by atoms with Gasteiger partial charge in [-0.15, -0.1) is 0 Å². The Morgan fingerprint density at radius 1 is 1.19 bits per heavy atom. The number of carbonyl (C=O) groups is 2. The molecule has 170 valence electrons. The maximum Gasteiger partial charge on any atom is 0.329 e. The van der Waals surface area contributed by atoms with E-state index in [2.05, 4.69) is 10.5 Å². The van der Waals surface area contributed by atoms with Crippen LogP contribution >= 0.6 is 0 Å². The molecule has 1 aromatic heterocycles. The number of amides is 1. The van der Waals surface area contributed by atoms with Crippen molar-refractivity contribution in [3.63, 3.8) is 0 Å². The molecule has 0 spiro atoms. The summed E-state index contributed by atoms with van der Waals surface area (Å²) < 4.78 is 37.0. The first-order valence-corrected chi connectivity index (χ1v) is 11.5. The zero-order chi connectivity index (χ0) is 23.2. The number of ether oxygens (including phenoxy) is 1. The van der Waals surface area contributed by atoms with Crippen LogP contribution in [0.5, 0.6) is 0 Å². The minimum absolute atomic E-state index is 0.0215. The molecule has 1 N–H and O–H groups in total. The molecule has 1 heterocycles. The van der Waals surface area contributed by atoms with E-state index in [1.54, 1.807) is 40.7 Å². The fourth-order valence-corrected chi connectivity index (χ4v) is 4.45. The Hall–Kier alpha value is -2.72. The minimum Gasteiger partial charge on any atom is -0.456 e. The van der Waals surface area contributed by atoms with Crippen molar-refractivity contribution in [3.05, 3.63) is 47.3 Å². The molecular weight excluding hydrogens is 422 g/mol. The number of carbonyl (C=O) groups excluding carboxylic acids is 2. The molecule has 2 rings (SSSR count). The molecule has 0 saturated heterocycles. The fourth-order valence-electron chi connectivity index (χ4n) is 2.95. The molecule has 31 heavy (non-hydrogen) atoms. The number of nitrogens with one attached hydrogen (secondary N) is 1. The maximum atomic E-state index is 12.8. The SMILES string of the molecule is CCN(CC)S(=O)(=O)c1cccc(C(=O)N[C@H](C(=O)OCc2cc(C)no2)C(C)C)c1. The van der Waals surface area contributed by atoms with Crippen molar-refractivity contribution < 1.29 is 27.3 Å². The Labute approximate surface area is 182 Å². The number of hydrogen-bond acceptors (Lipinski definition) is 7. The van der Waals surface area contributed by atoms with Gasteiger partial charge >= 0.3 is 5.97 Å². The molecule has 9 nitrogen and oxygen atoms in total. The van der Waals surface area contributed by atoms with Gasteiger partial charge in [-0.25, -0.2) is 13.2 Å². The van der Waals surface area contributed by atoms with Gasteiger partial charge in [0.05, 0.1) is 10.6 Å². The third kappa shape index (κ3) is 6.14. The topological polar surface area (TPSA) is 119 Å². The normalized spacial score (nSPS) is 12.7. The molecule has 1 amide bonds. The van der Waals surface area contributed by atoms with Crippen LogP contribution in [0, 0.1) is 12.8 Å². The van der Waals surface area contributed by atoms with Gasteiger partial charge in [0.2, 0.25) is 10.0 Å². The van der Waals surface area contributed by atoms with Crippen molar-refractivity contribution in [3.8, 4) is 0 Å². The summed E-state index contributed by atoms with van der Waals surface area (Å²) in [6.07, 6.45) is 0. The first kappa shape index (κ1) is 24.5. The van der Waals surface area contributed by atoms with Gasteiger partial charge in [0.15, 0.2) is 12.4 Å². The number of hydrogen-bond donors (Lipinski definition) is 1. The second-order valence-corrected chi connectivity index (χ2v) is 9.29. The summed E-state index contributed by atoms with van der Waals surface area (Å²) in [5, 5.41) is 6.37. The zero-order valence-electron chi connectivity index (χ0n) is 18.4.